The van der Waals surface area contributed by atoms with Gasteiger partial charge in [0.2, 0.25) is 0 Å². The number of morpholine rings is 1. The van der Waals surface area contributed by atoms with Gasteiger partial charge >= 0.3 is 0 Å². The number of aryl methyl sites for hydroxylation is 1. The van der Waals surface area contributed by atoms with Crippen LogP contribution in [0.3, 0.4) is 0 Å². The molecule has 6 heteroatoms. The maximum absolute atomic E-state index is 13.5. The zero-order chi connectivity index (χ0) is 17.9. The molecule has 0 N–H and O–H groups in total. The van der Waals surface area contributed by atoms with Gasteiger partial charge in [0.1, 0.15) is 11.9 Å². The minimum atomic E-state index is -0.258. The molecule has 0 radical (unpaired) electrons. The van der Waals surface area contributed by atoms with Crippen molar-refractivity contribution < 1.29 is 9.13 Å². The Morgan fingerprint density at radius 1 is 1.23 bits per heavy atom. The van der Waals surface area contributed by atoms with Crippen LogP contribution in [0.5, 0.6) is 0 Å². The molecule has 3 aromatic rings. The third kappa shape index (κ3) is 3.81. The first-order valence-corrected chi connectivity index (χ1v) is 8.72. The third-order valence-corrected chi connectivity index (χ3v) is 4.54. The van der Waals surface area contributed by atoms with Crippen LogP contribution in [0, 0.1) is 5.82 Å². The molecule has 1 aliphatic heterocycles. The SMILES string of the molecule is Cn1cc(CN2CCO[C@@H](c3cccc(-c4cccc(F)c4)n3)C2)cn1. The van der Waals surface area contributed by atoms with Crippen LogP contribution in [-0.4, -0.2) is 39.4 Å². The summed E-state index contributed by atoms with van der Waals surface area (Å²) in [5, 5.41) is 4.23. The number of ether oxygens (including phenoxy) is 1. The molecule has 5 nitrogen and oxygen atoms in total. The van der Waals surface area contributed by atoms with Gasteiger partial charge in [-0.2, -0.15) is 5.10 Å². The molecule has 4 rings (SSSR count). The Morgan fingerprint density at radius 3 is 2.92 bits per heavy atom. The fraction of sp³-hybridized carbons (Fsp3) is 0.300. The van der Waals surface area contributed by atoms with E-state index in [1.54, 1.807) is 6.07 Å². The van der Waals surface area contributed by atoms with Crippen molar-refractivity contribution >= 4 is 0 Å². The van der Waals surface area contributed by atoms with Gasteiger partial charge in [0.15, 0.2) is 0 Å². The summed E-state index contributed by atoms with van der Waals surface area (Å²) in [6, 6.07) is 12.3. The molecule has 0 bridgehead atoms. The van der Waals surface area contributed by atoms with Crippen LogP contribution in [-0.2, 0) is 18.3 Å². The zero-order valence-corrected chi connectivity index (χ0v) is 14.7. The Hall–Kier alpha value is -2.57. The van der Waals surface area contributed by atoms with Crippen molar-refractivity contribution in [3.8, 4) is 11.3 Å². The molecule has 1 saturated heterocycles. The summed E-state index contributed by atoms with van der Waals surface area (Å²) in [6.45, 7) is 3.16. The molecular weight excluding hydrogens is 331 g/mol. The topological polar surface area (TPSA) is 43.2 Å². The van der Waals surface area contributed by atoms with Crippen molar-refractivity contribution in [3.05, 3.63) is 71.9 Å². The van der Waals surface area contributed by atoms with Gasteiger partial charge in [0.05, 0.1) is 24.2 Å². The molecule has 3 heterocycles. The van der Waals surface area contributed by atoms with E-state index < -0.39 is 0 Å². The van der Waals surface area contributed by atoms with E-state index in [1.165, 1.54) is 17.7 Å². The van der Waals surface area contributed by atoms with Crippen LogP contribution >= 0.6 is 0 Å². The van der Waals surface area contributed by atoms with E-state index in [1.807, 2.05) is 48.4 Å². The van der Waals surface area contributed by atoms with Crippen molar-refractivity contribution in [1.82, 2.24) is 19.7 Å². The third-order valence-electron chi connectivity index (χ3n) is 4.54. The largest absolute Gasteiger partial charge is 0.369 e. The van der Waals surface area contributed by atoms with Crippen LogP contribution in [0.4, 0.5) is 4.39 Å². The number of pyridine rings is 1. The number of benzene rings is 1. The van der Waals surface area contributed by atoms with Crippen molar-refractivity contribution in [2.24, 2.45) is 7.05 Å². The van der Waals surface area contributed by atoms with Gasteiger partial charge in [-0.25, -0.2) is 4.39 Å². The molecule has 1 aliphatic rings. The first-order valence-electron chi connectivity index (χ1n) is 8.72. The minimum Gasteiger partial charge on any atom is -0.369 e. The average Bonchev–Trinajstić information content (AvgIpc) is 3.07. The number of hydrogen-bond donors (Lipinski definition) is 0. The summed E-state index contributed by atoms with van der Waals surface area (Å²) in [7, 11) is 1.92. The smallest absolute Gasteiger partial charge is 0.123 e. The molecular formula is C20H21FN4O. The van der Waals surface area contributed by atoms with Crippen LogP contribution in [0.15, 0.2) is 54.9 Å². The highest BCUT2D eigenvalue weighted by Crippen LogP contribution is 2.25. The molecule has 26 heavy (non-hydrogen) atoms. The number of hydrogen-bond acceptors (Lipinski definition) is 4. The molecule has 0 spiro atoms. The second-order valence-electron chi connectivity index (χ2n) is 6.57. The minimum absolute atomic E-state index is 0.0890. The summed E-state index contributed by atoms with van der Waals surface area (Å²) < 4.78 is 21.3. The Kier molecular flexibility index (Phi) is 4.77. The quantitative estimate of drug-likeness (QED) is 0.723. The summed E-state index contributed by atoms with van der Waals surface area (Å²) in [4.78, 5) is 7.07. The monoisotopic (exact) mass is 352 g/mol. The Bertz CT molecular complexity index is 895. The van der Waals surface area contributed by atoms with Crippen LogP contribution in [0.2, 0.25) is 0 Å². The lowest BCUT2D eigenvalue weighted by Gasteiger charge is -2.32. The van der Waals surface area contributed by atoms with E-state index in [0.29, 0.717) is 6.61 Å². The van der Waals surface area contributed by atoms with Crippen molar-refractivity contribution in [2.45, 2.75) is 12.6 Å². The molecule has 0 unspecified atom stereocenters. The number of rotatable bonds is 4. The average molecular weight is 352 g/mol. The van der Waals surface area contributed by atoms with Crippen LogP contribution < -0.4 is 0 Å². The highest BCUT2D eigenvalue weighted by atomic mass is 19.1. The molecule has 0 saturated carbocycles. The van der Waals surface area contributed by atoms with Gasteiger partial charge in [-0.1, -0.05) is 18.2 Å². The number of aromatic nitrogens is 3. The van der Waals surface area contributed by atoms with E-state index in [4.69, 9.17) is 9.72 Å². The Labute approximate surface area is 152 Å². The normalized spacial score (nSPS) is 18.2. The van der Waals surface area contributed by atoms with Gasteiger partial charge in [-0.15, -0.1) is 0 Å². The predicted molar refractivity (Wildman–Crippen MR) is 96.8 cm³/mol. The van der Waals surface area contributed by atoms with Gasteiger partial charge < -0.3 is 4.74 Å². The number of nitrogens with zero attached hydrogens (tertiary/aromatic N) is 4. The molecule has 134 valence electrons. The van der Waals surface area contributed by atoms with Crippen molar-refractivity contribution in [1.29, 1.82) is 0 Å². The summed E-state index contributed by atoms with van der Waals surface area (Å²) in [5.74, 6) is -0.258. The van der Waals surface area contributed by atoms with Gasteiger partial charge in [0.25, 0.3) is 0 Å². The van der Waals surface area contributed by atoms with E-state index in [2.05, 4.69) is 10.00 Å². The second-order valence-corrected chi connectivity index (χ2v) is 6.57. The number of halogens is 1. The fourth-order valence-corrected chi connectivity index (χ4v) is 3.28. The lowest BCUT2D eigenvalue weighted by atomic mass is 10.1. The molecule has 0 amide bonds. The maximum atomic E-state index is 13.5. The molecule has 2 aromatic heterocycles. The molecule has 1 fully saturated rings. The Morgan fingerprint density at radius 2 is 2.12 bits per heavy atom. The van der Waals surface area contributed by atoms with E-state index in [-0.39, 0.29) is 11.9 Å². The van der Waals surface area contributed by atoms with Gasteiger partial charge in [0, 0.05) is 44.0 Å². The van der Waals surface area contributed by atoms with Crippen LogP contribution in [0.25, 0.3) is 11.3 Å². The summed E-state index contributed by atoms with van der Waals surface area (Å²) >= 11 is 0. The van der Waals surface area contributed by atoms with Crippen molar-refractivity contribution in [2.75, 3.05) is 19.7 Å². The summed E-state index contributed by atoms with van der Waals surface area (Å²) in [6.07, 6.45) is 3.84. The predicted octanol–water partition coefficient (Wildman–Crippen LogP) is 3.19. The van der Waals surface area contributed by atoms with E-state index in [0.717, 1.165) is 36.6 Å². The first kappa shape index (κ1) is 16.9. The fourth-order valence-electron chi connectivity index (χ4n) is 3.28. The second kappa shape index (κ2) is 7.35. The lowest BCUT2D eigenvalue weighted by molar-refractivity contribution is -0.0349. The standard InChI is InChI=1S/C20H21FN4O/c1-24-12-15(11-22-24)13-25-8-9-26-20(14-25)19-7-3-6-18(23-19)16-4-2-5-17(21)10-16/h2-7,10-12,20H,8-9,13-14H2,1H3/t20-/m1/s1. The van der Waals surface area contributed by atoms with E-state index >= 15 is 0 Å². The van der Waals surface area contributed by atoms with Crippen LogP contribution in [0.1, 0.15) is 17.4 Å². The van der Waals surface area contributed by atoms with E-state index in [9.17, 15) is 4.39 Å². The molecule has 1 aromatic carbocycles. The highest BCUT2D eigenvalue weighted by Gasteiger charge is 2.23. The van der Waals surface area contributed by atoms with Gasteiger partial charge in [-0.05, 0) is 24.3 Å². The zero-order valence-electron chi connectivity index (χ0n) is 14.7. The molecule has 0 aliphatic carbocycles. The highest BCUT2D eigenvalue weighted by molar-refractivity contribution is 5.59. The summed E-state index contributed by atoms with van der Waals surface area (Å²) in [5.41, 5.74) is 3.60. The molecule has 1 atom stereocenters. The lowest BCUT2D eigenvalue weighted by Crippen LogP contribution is -2.38. The van der Waals surface area contributed by atoms with Crippen molar-refractivity contribution in [3.63, 3.8) is 0 Å². The Balaban J connectivity index is 1.50. The van der Waals surface area contributed by atoms with Gasteiger partial charge in [-0.3, -0.25) is 14.6 Å². The maximum Gasteiger partial charge on any atom is 0.123 e. The first-order chi connectivity index (χ1) is 12.7.